The molecular weight excluding hydrogens is 181 g/mol. The van der Waals surface area contributed by atoms with Crippen LogP contribution >= 0.6 is 0 Å². The SMILES string of the molecule is O=C(O)c1cnc(C(=O)O)c(F)c1. The van der Waals surface area contributed by atoms with E-state index < -0.39 is 23.4 Å². The van der Waals surface area contributed by atoms with Crippen molar-refractivity contribution in [1.29, 1.82) is 0 Å². The summed E-state index contributed by atoms with van der Waals surface area (Å²) in [5.41, 5.74) is -1.17. The number of carboxylic acids is 2. The molecule has 5 nitrogen and oxygen atoms in total. The monoisotopic (exact) mass is 185 g/mol. The van der Waals surface area contributed by atoms with E-state index in [0.717, 1.165) is 6.20 Å². The number of carbonyl (C=O) groups is 2. The molecule has 0 aliphatic rings. The fourth-order valence-corrected chi connectivity index (χ4v) is 0.712. The largest absolute Gasteiger partial charge is 0.478 e. The molecule has 13 heavy (non-hydrogen) atoms. The van der Waals surface area contributed by atoms with Gasteiger partial charge in [-0.15, -0.1) is 0 Å². The van der Waals surface area contributed by atoms with Crippen molar-refractivity contribution in [1.82, 2.24) is 4.98 Å². The van der Waals surface area contributed by atoms with Gasteiger partial charge >= 0.3 is 11.9 Å². The first-order chi connectivity index (χ1) is 6.02. The standard InChI is InChI=1S/C7H4FNO4/c8-4-1-3(6(10)11)2-9-5(4)7(12)13/h1-2H,(H,10,11)(H,12,13). The summed E-state index contributed by atoms with van der Waals surface area (Å²) in [5.74, 6) is -4.05. The number of aromatic nitrogens is 1. The second-order valence-electron chi connectivity index (χ2n) is 2.16. The highest BCUT2D eigenvalue weighted by Crippen LogP contribution is 2.06. The molecule has 0 aliphatic heterocycles. The predicted octanol–water partition coefficient (Wildman–Crippen LogP) is 0.617. The highest BCUT2D eigenvalue weighted by Gasteiger charge is 2.14. The van der Waals surface area contributed by atoms with Gasteiger partial charge in [-0.05, 0) is 6.07 Å². The Morgan fingerprint density at radius 2 is 1.92 bits per heavy atom. The van der Waals surface area contributed by atoms with Crippen LogP contribution in [-0.4, -0.2) is 27.1 Å². The maximum Gasteiger partial charge on any atom is 0.357 e. The summed E-state index contributed by atoms with van der Waals surface area (Å²) in [6.07, 6.45) is 0.787. The molecule has 0 amide bonds. The number of nitrogens with zero attached hydrogens (tertiary/aromatic N) is 1. The summed E-state index contributed by atoms with van der Waals surface area (Å²) in [6, 6.07) is 0.610. The molecule has 0 saturated heterocycles. The minimum absolute atomic E-state index is 0.387. The van der Waals surface area contributed by atoms with E-state index in [4.69, 9.17) is 10.2 Å². The van der Waals surface area contributed by atoms with Crippen LogP contribution in [0.15, 0.2) is 12.3 Å². The molecule has 68 valence electrons. The zero-order valence-electron chi connectivity index (χ0n) is 6.19. The number of hydrogen-bond donors (Lipinski definition) is 2. The van der Waals surface area contributed by atoms with Gasteiger partial charge in [-0.1, -0.05) is 0 Å². The fraction of sp³-hybridized carbons (Fsp3) is 0. The van der Waals surface area contributed by atoms with Crippen LogP contribution in [0.3, 0.4) is 0 Å². The van der Waals surface area contributed by atoms with E-state index in [-0.39, 0.29) is 5.56 Å². The Hall–Kier alpha value is -1.98. The number of carboxylic acid groups (broad SMARTS) is 2. The van der Waals surface area contributed by atoms with Gasteiger partial charge in [0.2, 0.25) is 0 Å². The third kappa shape index (κ3) is 1.78. The van der Waals surface area contributed by atoms with Gasteiger partial charge in [-0.3, -0.25) is 0 Å². The lowest BCUT2D eigenvalue weighted by atomic mass is 10.2. The second kappa shape index (κ2) is 3.18. The summed E-state index contributed by atoms with van der Waals surface area (Å²) in [5, 5.41) is 16.7. The quantitative estimate of drug-likeness (QED) is 0.704. The summed E-state index contributed by atoms with van der Waals surface area (Å²) < 4.78 is 12.8. The normalized spacial score (nSPS) is 9.62. The minimum Gasteiger partial charge on any atom is -0.478 e. The molecular formula is C7H4FNO4. The number of aromatic carboxylic acids is 2. The predicted molar refractivity (Wildman–Crippen MR) is 38.1 cm³/mol. The molecule has 2 N–H and O–H groups in total. The smallest absolute Gasteiger partial charge is 0.357 e. The Morgan fingerprint density at radius 3 is 2.31 bits per heavy atom. The first kappa shape index (κ1) is 9.11. The topological polar surface area (TPSA) is 87.5 Å². The molecule has 1 aromatic heterocycles. The lowest BCUT2D eigenvalue weighted by molar-refractivity contribution is 0.0670. The Bertz CT molecular complexity index is 377. The molecule has 1 heterocycles. The lowest BCUT2D eigenvalue weighted by Crippen LogP contribution is -2.07. The van der Waals surface area contributed by atoms with Gasteiger partial charge < -0.3 is 10.2 Å². The van der Waals surface area contributed by atoms with Crippen molar-refractivity contribution in [2.45, 2.75) is 0 Å². The molecule has 0 spiro atoms. The van der Waals surface area contributed by atoms with Crippen LogP contribution in [0.1, 0.15) is 20.8 Å². The number of rotatable bonds is 2. The summed E-state index contributed by atoms with van der Waals surface area (Å²) in [6.45, 7) is 0. The van der Waals surface area contributed by atoms with Gasteiger partial charge in [-0.25, -0.2) is 19.0 Å². The van der Waals surface area contributed by atoms with Gasteiger partial charge in [-0.2, -0.15) is 0 Å². The van der Waals surface area contributed by atoms with E-state index in [1.165, 1.54) is 0 Å². The third-order valence-corrected chi connectivity index (χ3v) is 1.29. The lowest BCUT2D eigenvalue weighted by Gasteiger charge is -1.97. The van der Waals surface area contributed by atoms with E-state index in [9.17, 15) is 14.0 Å². The number of halogens is 1. The van der Waals surface area contributed by atoms with Crippen LogP contribution in [-0.2, 0) is 0 Å². The van der Waals surface area contributed by atoms with E-state index in [0.29, 0.717) is 6.07 Å². The highest BCUT2D eigenvalue weighted by atomic mass is 19.1. The van der Waals surface area contributed by atoms with Gasteiger partial charge in [0.05, 0.1) is 5.56 Å². The van der Waals surface area contributed by atoms with Crippen LogP contribution in [0.2, 0.25) is 0 Å². The van der Waals surface area contributed by atoms with Crippen molar-refractivity contribution in [2.75, 3.05) is 0 Å². The van der Waals surface area contributed by atoms with Crippen LogP contribution in [0.25, 0.3) is 0 Å². The number of hydrogen-bond acceptors (Lipinski definition) is 3. The maximum absolute atomic E-state index is 12.8. The van der Waals surface area contributed by atoms with Gasteiger partial charge in [0, 0.05) is 6.20 Å². The molecule has 0 aromatic carbocycles. The highest BCUT2D eigenvalue weighted by molar-refractivity contribution is 5.89. The molecule has 0 unspecified atom stereocenters. The second-order valence-corrected chi connectivity index (χ2v) is 2.16. The maximum atomic E-state index is 12.8. The third-order valence-electron chi connectivity index (χ3n) is 1.29. The average molecular weight is 185 g/mol. The Kier molecular flexibility index (Phi) is 2.23. The molecule has 0 aliphatic carbocycles. The van der Waals surface area contributed by atoms with Crippen molar-refractivity contribution >= 4 is 11.9 Å². The molecule has 0 fully saturated rings. The first-order valence-corrected chi connectivity index (χ1v) is 3.14. The van der Waals surface area contributed by atoms with Crippen molar-refractivity contribution in [3.63, 3.8) is 0 Å². The molecule has 0 atom stereocenters. The average Bonchev–Trinajstić information content (AvgIpc) is 2.03. The van der Waals surface area contributed by atoms with Gasteiger partial charge in [0.1, 0.15) is 0 Å². The van der Waals surface area contributed by atoms with Crippen LogP contribution in [0, 0.1) is 5.82 Å². The van der Waals surface area contributed by atoms with Crippen molar-refractivity contribution in [2.24, 2.45) is 0 Å². The van der Waals surface area contributed by atoms with Gasteiger partial charge in [0.25, 0.3) is 0 Å². The van der Waals surface area contributed by atoms with Crippen LogP contribution in [0.4, 0.5) is 4.39 Å². The molecule has 1 aromatic rings. The molecule has 0 radical (unpaired) electrons. The first-order valence-electron chi connectivity index (χ1n) is 3.14. The molecule has 0 bridgehead atoms. The molecule has 0 saturated carbocycles. The summed E-state index contributed by atoms with van der Waals surface area (Å²) >= 11 is 0. The Balaban J connectivity index is 3.20. The number of pyridine rings is 1. The van der Waals surface area contributed by atoms with Crippen molar-refractivity contribution in [3.8, 4) is 0 Å². The van der Waals surface area contributed by atoms with Crippen LogP contribution in [0.5, 0.6) is 0 Å². The van der Waals surface area contributed by atoms with Crippen molar-refractivity contribution < 1.29 is 24.2 Å². The zero-order valence-corrected chi connectivity index (χ0v) is 6.19. The summed E-state index contributed by atoms with van der Waals surface area (Å²) in [7, 11) is 0. The minimum atomic E-state index is -1.53. The zero-order chi connectivity index (χ0) is 10.0. The van der Waals surface area contributed by atoms with E-state index in [2.05, 4.69) is 4.98 Å². The van der Waals surface area contributed by atoms with Crippen LogP contribution < -0.4 is 0 Å². The fourth-order valence-electron chi connectivity index (χ4n) is 0.712. The van der Waals surface area contributed by atoms with E-state index in [1.807, 2.05) is 0 Å². The van der Waals surface area contributed by atoms with E-state index in [1.54, 1.807) is 0 Å². The van der Waals surface area contributed by atoms with Gasteiger partial charge in [0.15, 0.2) is 11.5 Å². The van der Waals surface area contributed by atoms with Crippen molar-refractivity contribution in [3.05, 3.63) is 29.3 Å². The molecule has 6 heteroatoms. The van der Waals surface area contributed by atoms with E-state index >= 15 is 0 Å². The Labute approximate surface area is 71.5 Å². The summed E-state index contributed by atoms with van der Waals surface area (Å²) in [4.78, 5) is 23.7. The molecule has 1 rings (SSSR count). The Morgan fingerprint density at radius 1 is 1.31 bits per heavy atom.